The molecule has 0 bridgehead atoms. The summed E-state index contributed by atoms with van der Waals surface area (Å²) in [4.78, 5) is 64.6. The first-order chi connectivity index (χ1) is 25.0. The number of nitrogens with zero attached hydrogens (tertiary/aromatic N) is 1. The third-order valence-electron chi connectivity index (χ3n) is 10.9. The van der Waals surface area contributed by atoms with Gasteiger partial charge in [-0.05, 0) is 86.4 Å². The van der Waals surface area contributed by atoms with Crippen molar-refractivity contribution in [2.45, 2.75) is 118 Å². The summed E-state index contributed by atoms with van der Waals surface area (Å²) < 4.78 is 0. The van der Waals surface area contributed by atoms with E-state index < -0.39 is 29.8 Å². The molecule has 0 aromatic heterocycles. The number of urea groups is 1. The Bertz CT molecular complexity index is 1410. The molecule has 4 amide bonds. The molecule has 0 spiro atoms. The number of hydrogen-bond donors (Lipinski definition) is 5. The largest absolute Gasteiger partial charge is 0.361 e. The minimum atomic E-state index is -0.921. The Kier molecular flexibility index (Phi) is 17.4. The molecule has 0 radical (unpaired) electrons. The fourth-order valence-corrected chi connectivity index (χ4v) is 7.98. The first kappa shape index (κ1) is 45.2. The summed E-state index contributed by atoms with van der Waals surface area (Å²) in [7, 11) is 3.75. The average molecular weight is 737 g/mol. The number of rotatable bonds is 15. The van der Waals surface area contributed by atoms with Crippen LogP contribution >= 0.6 is 0 Å². The molecule has 4 rings (SSSR count). The van der Waals surface area contributed by atoms with Crippen molar-refractivity contribution in [3.8, 4) is 0 Å². The molecule has 5 N–H and O–H groups in total. The number of hydrogen-bond acceptors (Lipinski definition) is 7. The third kappa shape index (κ3) is 11.7. The molecule has 2 fully saturated rings. The van der Waals surface area contributed by atoms with Gasteiger partial charge in [0.2, 0.25) is 11.7 Å². The Morgan fingerprint density at radius 2 is 1.58 bits per heavy atom. The van der Waals surface area contributed by atoms with Crippen molar-refractivity contribution in [3.63, 3.8) is 0 Å². The zero-order valence-corrected chi connectivity index (χ0v) is 34.1. The number of fused-ring (bicyclic) bond motifs is 2. The topological polar surface area (TPSA) is 149 Å². The quantitative estimate of drug-likeness (QED) is 0.0973. The summed E-state index contributed by atoms with van der Waals surface area (Å²) in [5, 5.41) is 14.8. The number of carbonyl (C=O) groups is 5. The van der Waals surface area contributed by atoms with Gasteiger partial charge in [0.15, 0.2) is 0 Å². The van der Waals surface area contributed by atoms with Gasteiger partial charge in [0.25, 0.3) is 5.91 Å². The van der Waals surface area contributed by atoms with Crippen molar-refractivity contribution in [2.75, 3.05) is 27.2 Å². The molecule has 11 nitrogen and oxygen atoms in total. The van der Waals surface area contributed by atoms with E-state index in [0.717, 1.165) is 32.0 Å². The zero-order chi connectivity index (χ0) is 40.1. The standard InChI is InChI=1S/C38H57N5O4.C2H7N.C2H4O/c1-10-13-18-28(33(44)35(46)39-19-11-2)40-34(45)32-30-27(38(30,8)9)22-43(32)23(4)31(26-20-24-16-14-15-17-25(24)21-26)42-36(47)41-29(12-3)37(5,6)7;1-3-2;1-2-3/h11,14-17,26-32H,2,4,10,12-13,18-22H2,1,3,5-9H3,(H,39,46)(H,40,45)(H2,41,42,47);3H,1-2H3;2H,1H3/t27-,28?,29?,30-,31?,32?;;/m0../s1. The number of amides is 4. The highest BCUT2D eigenvalue weighted by molar-refractivity contribution is 6.38. The number of ketones is 1. The fraction of sp³-hybridized carbons (Fsp3) is 0.643. The summed E-state index contributed by atoms with van der Waals surface area (Å²) in [5.74, 6) is -1.23. The van der Waals surface area contributed by atoms with E-state index in [2.05, 4.69) is 98.3 Å². The lowest BCUT2D eigenvalue weighted by Crippen LogP contribution is -2.57. The summed E-state index contributed by atoms with van der Waals surface area (Å²) in [6.45, 7) is 25.2. The van der Waals surface area contributed by atoms with E-state index in [1.54, 1.807) is 0 Å². The van der Waals surface area contributed by atoms with E-state index in [-0.39, 0.29) is 53.1 Å². The lowest BCUT2D eigenvalue weighted by molar-refractivity contribution is -0.140. The predicted octanol–water partition coefficient (Wildman–Crippen LogP) is 4.95. The average Bonchev–Trinajstić information content (AvgIpc) is 3.45. The number of unbranched alkanes of at least 4 members (excludes halogenated alkanes) is 1. The molecule has 2 aliphatic carbocycles. The van der Waals surface area contributed by atoms with Crippen molar-refractivity contribution < 1.29 is 24.0 Å². The van der Waals surface area contributed by atoms with Crippen molar-refractivity contribution >= 4 is 29.9 Å². The smallest absolute Gasteiger partial charge is 0.315 e. The van der Waals surface area contributed by atoms with Gasteiger partial charge in [0, 0.05) is 24.8 Å². The fourth-order valence-electron chi connectivity index (χ4n) is 7.98. The second-order valence-corrected chi connectivity index (χ2v) is 16.2. The van der Waals surface area contributed by atoms with Crippen LogP contribution in [0.25, 0.3) is 0 Å². The van der Waals surface area contributed by atoms with Gasteiger partial charge in [-0.3, -0.25) is 14.4 Å². The lowest BCUT2D eigenvalue weighted by atomic mass is 9.85. The Labute approximate surface area is 319 Å². The molecule has 1 saturated carbocycles. The summed E-state index contributed by atoms with van der Waals surface area (Å²) in [5.41, 5.74) is 3.09. The number of aldehydes is 1. The molecule has 1 aromatic carbocycles. The van der Waals surface area contributed by atoms with Crippen LogP contribution in [0.2, 0.25) is 0 Å². The van der Waals surface area contributed by atoms with Gasteiger partial charge in [-0.1, -0.05) is 98.2 Å². The lowest BCUT2D eigenvalue weighted by Gasteiger charge is -2.39. The predicted molar refractivity (Wildman–Crippen MR) is 213 cm³/mol. The molecule has 6 atom stereocenters. The molecule has 11 heteroatoms. The van der Waals surface area contributed by atoms with E-state index >= 15 is 0 Å². The third-order valence-corrected chi connectivity index (χ3v) is 10.9. The van der Waals surface area contributed by atoms with Gasteiger partial charge in [0.1, 0.15) is 12.3 Å². The summed E-state index contributed by atoms with van der Waals surface area (Å²) in [6.07, 6.45) is 6.56. The van der Waals surface area contributed by atoms with Crippen molar-refractivity contribution in [3.05, 3.63) is 60.3 Å². The molecule has 1 aromatic rings. The van der Waals surface area contributed by atoms with Crippen LogP contribution in [0.4, 0.5) is 4.79 Å². The van der Waals surface area contributed by atoms with E-state index in [0.29, 0.717) is 25.1 Å². The molecule has 1 heterocycles. The second-order valence-electron chi connectivity index (χ2n) is 16.2. The number of benzene rings is 1. The van der Waals surface area contributed by atoms with Crippen molar-refractivity contribution in [1.29, 1.82) is 0 Å². The molecule has 1 saturated heterocycles. The molecule has 4 unspecified atom stereocenters. The maximum atomic E-state index is 14.2. The van der Waals surface area contributed by atoms with Crippen LogP contribution in [0.1, 0.15) is 92.2 Å². The minimum Gasteiger partial charge on any atom is -0.361 e. The van der Waals surface area contributed by atoms with Crippen LogP contribution in [0, 0.1) is 28.6 Å². The van der Waals surface area contributed by atoms with Gasteiger partial charge in [-0.2, -0.15) is 0 Å². The second kappa shape index (κ2) is 20.5. The van der Waals surface area contributed by atoms with Gasteiger partial charge >= 0.3 is 6.03 Å². The SMILES string of the molecule is C=CCNC(=O)C(=O)C(CCCC)NC(=O)C1[C@@H]2[C@H](CN1C(=C)C(NC(=O)NC(CC)C(C)(C)C)C1Cc3ccccc3C1)C2(C)C.CC=O.CNC. The van der Waals surface area contributed by atoms with Gasteiger partial charge in [0.05, 0.1) is 12.1 Å². The van der Waals surface area contributed by atoms with Crippen LogP contribution in [-0.4, -0.2) is 86.2 Å². The highest BCUT2D eigenvalue weighted by Gasteiger charge is 2.69. The summed E-state index contributed by atoms with van der Waals surface area (Å²) in [6, 6.07) is 6.23. The maximum Gasteiger partial charge on any atom is 0.315 e. The van der Waals surface area contributed by atoms with Gasteiger partial charge in [-0.25, -0.2) is 4.79 Å². The summed E-state index contributed by atoms with van der Waals surface area (Å²) >= 11 is 0. The van der Waals surface area contributed by atoms with Crippen LogP contribution in [0.5, 0.6) is 0 Å². The minimum absolute atomic E-state index is 0.0165. The highest BCUT2D eigenvalue weighted by Crippen LogP contribution is 2.65. The number of Topliss-reactive ketones (excluding diaryl/α,β-unsaturated/α-hetero) is 1. The highest BCUT2D eigenvalue weighted by atomic mass is 16.2. The normalized spacial score (nSPS) is 21.0. The maximum absolute atomic E-state index is 14.2. The van der Waals surface area contributed by atoms with Crippen LogP contribution in [0.15, 0.2) is 49.2 Å². The van der Waals surface area contributed by atoms with Gasteiger partial charge < -0.3 is 36.3 Å². The molecule has 1 aliphatic heterocycles. The van der Waals surface area contributed by atoms with E-state index in [9.17, 15) is 19.2 Å². The number of likely N-dealkylation sites (tertiary alicyclic amines) is 1. The van der Waals surface area contributed by atoms with Gasteiger partial charge in [-0.15, -0.1) is 6.58 Å². The van der Waals surface area contributed by atoms with Crippen LogP contribution in [0.3, 0.4) is 0 Å². The monoisotopic (exact) mass is 737 g/mol. The molecule has 3 aliphatic rings. The van der Waals surface area contributed by atoms with E-state index in [1.165, 1.54) is 24.1 Å². The molecule has 53 heavy (non-hydrogen) atoms. The van der Waals surface area contributed by atoms with E-state index in [1.807, 2.05) is 33.2 Å². The zero-order valence-electron chi connectivity index (χ0n) is 34.1. The Morgan fingerprint density at radius 3 is 2.08 bits per heavy atom. The number of carbonyl (C=O) groups excluding carboxylic acids is 5. The number of piperidine rings is 1. The van der Waals surface area contributed by atoms with Crippen molar-refractivity contribution in [1.82, 2.24) is 31.5 Å². The molecular weight excluding hydrogens is 668 g/mol. The van der Waals surface area contributed by atoms with Crippen LogP contribution in [-0.2, 0) is 32.0 Å². The molecular formula is C42H68N6O5. The van der Waals surface area contributed by atoms with Crippen LogP contribution < -0.4 is 26.6 Å². The Balaban J connectivity index is 0.00000151. The van der Waals surface area contributed by atoms with E-state index in [4.69, 9.17) is 4.79 Å². The Morgan fingerprint density at radius 1 is 1.02 bits per heavy atom. The van der Waals surface area contributed by atoms with Crippen molar-refractivity contribution in [2.24, 2.45) is 28.6 Å². The molecule has 296 valence electrons. The first-order valence-corrected chi connectivity index (χ1v) is 19.3. The Hall–Kier alpha value is -3.99. The number of nitrogens with one attached hydrogen (secondary N) is 5. The first-order valence-electron chi connectivity index (χ1n) is 19.3.